The Morgan fingerprint density at radius 2 is 2.28 bits per heavy atom. The van der Waals surface area contributed by atoms with Gasteiger partial charge in [0.15, 0.2) is 5.13 Å². The Bertz CT molecular complexity index is 421. The van der Waals surface area contributed by atoms with E-state index in [-0.39, 0.29) is 30.3 Å². The molecule has 0 aliphatic heterocycles. The van der Waals surface area contributed by atoms with E-state index in [0.29, 0.717) is 5.13 Å². The minimum absolute atomic E-state index is 0. The van der Waals surface area contributed by atoms with Crippen molar-refractivity contribution in [3.05, 3.63) is 10.6 Å². The highest BCUT2D eigenvalue weighted by Crippen LogP contribution is 2.27. The third-order valence-electron chi connectivity index (χ3n) is 3.36. The molecular formula is C12H20ClN3OS. The van der Waals surface area contributed by atoms with Gasteiger partial charge in [-0.15, -0.1) is 23.7 Å². The SMILES string of the molecule is CCc1nc(NC(=O)C2CCCC2N)sc1C.Cl. The van der Waals surface area contributed by atoms with Gasteiger partial charge in [0.1, 0.15) is 0 Å². The number of rotatable bonds is 3. The molecular weight excluding hydrogens is 270 g/mol. The van der Waals surface area contributed by atoms with Crippen molar-refractivity contribution < 1.29 is 4.79 Å². The van der Waals surface area contributed by atoms with Gasteiger partial charge in [0, 0.05) is 10.9 Å². The number of nitrogens with zero attached hydrogens (tertiary/aromatic N) is 1. The molecule has 0 aromatic carbocycles. The van der Waals surface area contributed by atoms with Crippen molar-refractivity contribution in [3.63, 3.8) is 0 Å². The first-order valence-electron chi connectivity index (χ1n) is 6.14. The summed E-state index contributed by atoms with van der Waals surface area (Å²) in [5.74, 6) is -0.00399. The Kier molecular flexibility index (Phi) is 5.56. The van der Waals surface area contributed by atoms with Crippen molar-refractivity contribution in [2.45, 2.75) is 45.6 Å². The van der Waals surface area contributed by atoms with E-state index in [2.05, 4.69) is 17.2 Å². The number of nitrogens with two attached hydrogens (primary N) is 1. The minimum atomic E-state index is -0.0377. The molecule has 18 heavy (non-hydrogen) atoms. The predicted molar refractivity (Wildman–Crippen MR) is 77.4 cm³/mol. The number of carbonyl (C=O) groups is 1. The second kappa shape index (κ2) is 6.50. The minimum Gasteiger partial charge on any atom is -0.327 e. The lowest BCUT2D eigenvalue weighted by atomic mass is 10.0. The lowest BCUT2D eigenvalue weighted by molar-refractivity contribution is -0.120. The van der Waals surface area contributed by atoms with E-state index >= 15 is 0 Å². The van der Waals surface area contributed by atoms with Crippen LogP contribution in [0.1, 0.15) is 36.8 Å². The van der Waals surface area contributed by atoms with Crippen LogP contribution in [0.25, 0.3) is 0 Å². The third kappa shape index (κ3) is 3.22. The molecule has 0 spiro atoms. The van der Waals surface area contributed by atoms with E-state index in [1.807, 2.05) is 6.92 Å². The number of aromatic nitrogens is 1. The molecule has 2 atom stereocenters. The summed E-state index contributed by atoms with van der Waals surface area (Å²) >= 11 is 1.54. The van der Waals surface area contributed by atoms with Gasteiger partial charge in [0.2, 0.25) is 5.91 Å². The topological polar surface area (TPSA) is 68.0 Å². The predicted octanol–water partition coefficient (Wildman–Crippen LogP) is 2.50. The average Bonchev–Trinajstić information content (AvgIpc) is 2.84. The van der Waals surface area contributed by atoms with Crippen LogP contribution < -0.4 is 11.1 Å². The van der Waals surface area contributed by atoms with Crippen LogP contribution in [0.2, 0.25) is 0 Å². The van der Waals surface area contributed by atoms with Gasteiger partial charge in [-0.2, -0.15) is 0 Å². The number of anilines is 1. The molecule has 0 radical (unpaired) electrons. The third-order valence-corrected chi connectivity index (χ3v) is 4.29. The van der Waals surface area contributed by atoms with Crippen molar-refractivity contribution in [1.82, 2.24) is 4.98 Å². The van der Waals surface area contributed by atoms with Crippen molar-refractivity contribution >= 4 is 34.8 Å². The van der Waals surface area contributed by atoms with Crippen molar-refractivity contribution in [1.29, 1.82) is 0 Å². The maximum absolute atomic E-state index is 12.0. The van der Waals surface area contributed by atoms with E-state index in [4.69, 9.17) is 5.73 Å². The Morgan fingerprint density at radius 3 is 2.78 bits per heavy atom. The fourth-order valence-electron chi connectivity index (χ4n) is 2.32. The monoisotopic (exact) mass is 289 g/mol. The molecule has 1 aromatic rings. The molecule has 6 heteroatoms. The Labute approximate surface area is 118 Å². The number of aryl methyl sites for hydroxylation is 2. The quantitative estimate of drug-likeness (QED) is 0.898. The molecule has 2 rings (SSSR count). The molecule has 1 aromatic heterocycles. The molecule has 1 aliphatic rings. The summed E-state index contributed by atoms with van der Waals surface area (Å²) in [7, 11) is 0. The summed E-state index contributed by atoms with van der Waals surface area (Å²) in [5.41, 5.74) is 6.99. The molecule has 1 saturated carbocycles. The Balaban J connectivity index is 0.00000162. The maximum Gasteiger partial charge on any atom is 0.230 e. The largest absolute Gasteiger partial charge is 0.327 e. The zero-order valence-corrected chi connectivity index (χ0v) is 12.4. The number of thiazole rings is 1. The fraction of sp³-hybridized carbons (Fsp3) is 0.667. The molecule has 2 unspecified atom stereocenters. The summed E-state index contributed by atoms with van der Waals surface area (Å²) in [6.45, 7) is 4.11. The normalized spacial score (nSPS) is 22.6. The van der Waals surface area contributed by atoms with Gasteiger partial charge < -0.3 is 11.1 Å². The van der Waals surface area contributed by atoms with E-state index in [1.54, 1.807) is 11.3 Å². The van der Waals surface area contributed by atoms with Gasteiger partial charge in [-0.1, -0.05) is 13.3 Å². The Hall–Kier alpha value is -0.650. The molecule has 0 bridgehead atoms. The van der Waals surface area contributed by atoms with Crippen LogP contribution >= 0.6 is 23.7 Å². The summed E-state index contributed by atoms with van der Waals surface area (Å²) in [4.78, 5) is 17.6. The van der Waals surface area contributed by atoms with Gasteiger partial charge in [0.25, 0.3) is 0 Å². The Morgan fingerprint density at radius 1 is 1.56 bits per heavy atom. The second-order valence-electron chi connectivity index (χ2n) is 4.57. The summed E-state index contributed by atoms with van der Waals surface area (Å²) in [6, 6.07) is 0.0155. The highest BCUT2D eigenvalue weighted by molar-refractivity contribution is 7.15. The lowest BCUT2D eigenvalue weighted by Crippen LogP contribution is -2.34. The van der Waals surface area contributed by atoms with Crippen LogP contribution in [0.4, 0.5) is 5.13 Å². The maximum atomic E-state index is 12.0. The number of hydrogen-bond donors (Lipinski definition) is 2. The molecule has 1 heterocycles. The van der Waals surface area contributed by atoms with Gasteiger partial charge in [-0.3, -0.25) is 4.79 Å². The fourth-order valence-corrected chi connectivity index (χ4v) is 3.23. The number of halogens is 1. The summed E-state index contributed by atoms with van der Waals surface area (Å²) in [6.07, 6.45) is 3.81. The first-order chi connectivity index (χ1) is 8.11. The van der Waals surface area contributed by atoms with Crippen LogP contribution in [0.3, 0.4) is 0 Å². The van der Waals surface area contributed by atoms with Crippen molar-refractivity contribution in [3.8, 4) is 0 Å². The average molecular weight is 290 g/mol. The van der Waals surface area contributed by atoms with E-state index < -0.39 is 0 Å². The highest BCUT2D eigenvalue weighted by atomic mass is 35.5. The number of nitrogens with one attached hydrogen (secondary N) is 1. The van der Waals surface area contributed by atoms with Crippen molar-refractivity contribution in [2.24, 2.45) is 11.7 Å². The zero-order chi connectivity index (χ0) is 12.4. The molecule has 0 saturated heterocycles. The second-order valence-corrected chi connectivity index (χ2v) is 5.77. The molecule has 1 fully saturated rings. The van der Waals surface area contributed by atoms with Gasteiger partial charge in [-0.25, -0.2) is 4.98 Å². The first kappa shape index (κ1) is 15.4. The number of carbonyl (C=O) groups excluding carboxylic acids is 1. The molecule has 102 valence electrons. The van der Waals surface area contributed by atoms with Gasteiger partial charge in [-0.05, 0) is 26.2 Å². The number of hydrogen-bond acceptors (Lipinski definition) is 4. The first-order valence-corrected chi connectivity index (χ1v) is 6.96. The van der Waals surface area contributed by atoms with Crippen molar-refractivity contribution in [2.75, 3.05) is 5.32 Å². The van der Waals surface area contributed by atoms with E-state index in [1.165, 1.54) is 4.88 Å². The van der Waals surface area contributed by atoms with E-state index in [0.717, 1.165) is 31.4 Å². The molecule has 1 amide bonds. The van der Waals surface area contributed by atoms with Crippen LogP contribution in [0.15, 0.2) is 0 Å². The van der Waals surface area contributed by atoms with Gasteiger partial charge >= 0.3 is 0 Å². The van der Waals surface area contributed by atoms with Crippen LogP contribution in [-0.2, 0) is 11.2 Å². The zero-order valence-electron chi connectivity index (χ0n) is 10.7. The standard InChI is InChI=1S/C12H19N3OS.ClH/c1-3-10-7(2)17-12(14-10)15-11(16)8-5-4-6-9(8)13;/h8-9H,3-6,13H2,1-2H3,(H,14,15,16);1H. The molecule has 4 nitrogen and oxygen atoms in total. The van der Waals surface area contributed by atoms with Crippen LogP contribution in [0, 0.1) is 12.8 Å². The molecule has 3 N–H and O–H groups in total. The number of amides is 1. The molecule has 1 aliphatic carbocycles. The lowest BCUT2D eigenvalue weighted by Gasteiger charge is -2.13. The summed E-state index contributed by atoms with van der Waals surface area (Å²) in [5, 5.41) is 3.61. The van der Waals surface area contributed by atoms with Gasteiger partial charge in [0.05, 0.1) is 11.6 Å². The van der Waals surface area contributed by atoms with E-state index in [9.17, 15) is 4.79 Å². The smallest absolute Gasteiger partial charge is 0.230 e. The van der Waals surface area contributed by atoms with Crippen LogP contribution in [0.5, 0.6) is 0 Å². The highest BCUT2D eigenvalue weighted by Gasteiger charge is 2.30. The summed E-state index contributed by atoms with van der Waals surface area (Å²) < 4.78 is 0. The van der Waals surface area contributed by atoms with Crippen LogP contribution in [-0.4, -0.2) is 16.9 Å².